The number of oxazole rings is 1. The van der Waals surface area contributed by atoms with Gasteiger partial charge < -0.3 is 9.52 Å². The second kappa shape index (κ2) is 3.76. The first-order chi connectivity index (χ1) is 7.83. The van der Waals surface area contributed by atoms with Crippen molar-refractivity contribution < 1.29 is 9.52 Å². The lowest BCUT2D eigenvalue weighted by Gasteiger charge is -2.13. The van der Waals surface area contributed by atoms with E-state index in [0.29, 0.717) is 12.3 Å². The largest absolute Gasteiger partial charge is 0.441 e. The van der Waals surface area contributed by atoms with Gasteiger partial charge in [0.15, 0.2) is 0 Å². The van der Waals surface area contributed by atoms with E-state index in [1.807, 2.05) is 30.3 Å². The fourth-order valence-corrected chi connectivity index (χ4v) is 2.07. The maximum Gasteiger partial charge on any atom is 0.226 e. The molecule has 1 aliphatic carbocycles. The molecule has 2 aromatic rings. The summed E-state index contributed by atoms with van der Waals surface area (Å²) >= 11 is 0. The van der Waals surface area contributed by atoms with Crippen molar-refractivity contribution in [2.24, 2.45) is 0 Å². The average Bonchev–Trinajstić information content (AvgIpc) is 2.73. The number of aliphatic hydroxyl groups excluding tert-OH is 1. The predicted octanol–water partition coefficient (Wildman–Crippen LogP) is 2.19. The van der Waals surface area contributed by atoms with Crippen LogP contribution >= 0.6 is 0 Å². The molecule has 0 amide bonds. The molecule has 3 rings (SSSR count). The Bertz CT molecular complexity index is 490. The van der Waals surface area contributed by atoms with Gasteiger partial charge in [-0.3, -0.25) is 0 Å². The third kappa shape index (κ3) is 1.63. The van der Waals surface area contributed by atoms with Crippen LogP contribution in [0.15, 0.2) is 34.7 Å². The number of aromatic nitrogens is 1. The van der Waals surface area contributed by atoms with E-state index < -0.39 is 0 Å². The highest BCUT2D eigenvalue weighted by Crippen LogP contribution is 2.27. The first-order valence-corrected chi connectivity index (χ1v) is 5.55. The van der Waals surface area contributed by atoms with Gasteiger partial charge in [-0.1, -0.05) is 18.2 Å². The van der Waals surface area contributed by atoms with Crippen molar-refractivity contribution >= 4 is 0 Å². The average molecular weight is 215 g/mol. The van der Waals surface area contributed by atoms with Crippen LogP contribution in [0.3, 0.4) is 0 Å². The molecule has 0 bridgehead atoms. The van der Waals surface area contributed by atoms with Gasteiger partial charge in [-0.15, -0.1) is 0 Å². The summed E-state index contributed by atoms with van der Waals surface area (Å²) in [5, 5.41) is 9.55. The first kappa shape index (κ1) is 9.60. The molecule has 82 valence electrons. The van der Waals surface area contributed by atoms with Crippen molar-refractivity contribution in [2.75, 3.05) is 0 Å². The minimum Gasteiger partial charge on any atom is -0.441 e. The molecule has 3 heteroatoms. The maximum atomic E-state index is 9.55. The Morgan fingerprint density at radius 2 is 2.06 bits per heavy atom. The fourth-order valence-electron chi connectivity index (χ4n) is 2.07. The minimum atomic E-state index is -0.263. The standard InChI is InChI=1S/C13H13NO2/c15-10-6-7-12-11(8-10)14-13(16-12)9-4-2-1-3-5-9/h1-5,10,15H,6-8H2. The molecule has 1 atom stereocenters. The van der Waals surface area contributed by atoms with E-state index in [4.69, 9.17) is 4.42 Å². The van der Waals surface area contributed by atoms with Crippen LogP contribution in [-0.2, 0) is 12.8 Å². The van der Waals surface area contributed by atoms with Gasteiger partial charge in [-0.2, -0.15) is 0 Å². The molecular weight excluding hydrogens is 202 g/mol. The van der Waals surface area contributed by atoms with Crippen molar-refractivity contribution in [3.05, 3.63) is 41.8 Å². The number of nitrogens with zero attached hydrogens (tertiary/aromatic N) is 1. The quantitative estimate of drug-likeness (QED) is 0.793. The highest BCUT2D eigenvalue weighted by molar-refractivity contribution is 5.53. The van der Waals surface area contributed by atoms with Crippen LogP contribution in [0.2, 0.25) is 0 Å². The van der Waals surface area contributed by atoms with Crippen molar-refractivity contribution in [3.8, 4) is 11.5 Å². The van der Waals surface area contributed by atoms with Crippen LogP contribution in [0.5, 0.6) is 0 Å². The molecule has 0 aliphatic heterocycles. The Morgan fingerprint density at radius 1 is 1.25 bits per heavy atom. The lowest BCUT2D eigenvalue weighted by atomic mass is 9.99. The van der Waals surface area contributed by atoms with Gasteiger partial charge in [0, 0.05) is 18.4 Å². The molecule has 1 aliphatic rings. The van der Waals surface area contributed by atoms with Gasteiger partial charge >= 0.3 is 0 Å². The molecule has 1 unspecified atom stereocenters. The molecule has 0 saturated carbocycles. The van der Waals surface area contributed by atoms with Crippen molar-refractivity contribution in [3.63, 3.8) is 0 Å². The monoisotopic (exact) mass is 215 g/mol. The lowest BCUT2D eigenvalue weighted by molar-refractivity contribution is 0.153. The highest BCUT2D eigenvalue weighted by atomic mass is 16.4. The summed E-state index contributed by atoms with van der Waals surface area (Å²) in [7, 11) is 0. The summed E-state index contributed by atoms with van der Waals surface area (Å²) in [5.74, 6) is 1.60. The number of hydrogen-bond donors (Lipinski definition) is 1. The van der Waals surface area contributed by atoms with Crippen LogP contribution in [0.1, 0.15) is 17.9 Å². The van der Waals surface area contributed by atoms with Gasteiger partial charge in [0.25, 0.3) is 0 Å². The second-order valence-electron chi connectivity index (χ2n) is 4.15. The molecule has 3 nitrogen and oxygen atoms in total. The van der Waals surface area contributed by atoms with Gasteiger partial charge in [0.1, 0.15) is 5.76 Å². The van der Waals surface area contributed by atoms with Gasteiger partial charge in [-0.25, -0.2) is 4.98 Å². The number of benzene rings is 1. The molecule has 0 radical (unpaired) electrons. The van der Waals surface area contributed by atoms with E-state index in [-0.39, 0.29) is 6.10 Å². The molecule has 0 saturated heterocycles. The van der Waals surface area contributed by atoms with Crippen LogP contribution < -0.4 is 0 Å². The van der Waals surface area contributed by atoms with E-state index in [1.165, 1.54) is 0 Å². The van der Waals surface area contributed by atoms with Crippen LogP contribution in [0.4, 0.5) is 0 Å². The minimum absolute atomic E-state index is 0.263. The van der Waals surface area contributed by atoms with Crippen LogP contribution in [-0.4, -0.2) is 16.2 Å². The zero-order chi connectivity index (χ0) is 11.0. The van der Waals surface area contributed by atoms with E-state index >= 15 is 0 Å². The molecule has 1 aromatic carbocycles. The van der Waals surface area contributed by atoms with Crippen LogP contribution in [0, 0.1) is 0 Å². The van der Waals surface area contributed by atoms with Gasteiger partial charge in [0.2, 0.25) is 5.89 Å². The fraction of sp³-hybridized carbons (Fsp3) is 0.308. The topological polar surface area (TPSA) is 46.3 Å². The second-order valence-corrected chi connectivity index (χ2v) is 4.15. The molecule has 16 heavy (non-hydrogen) atoms. The maximum absolute atomic E-state index is 9.55. The molecular formula is C13H13NO2. The number of fused-ring (bicyclic) bond motifs is 1. The lowest BCUT2D eigenvalue weighted by Crippen LogP contribution is -2.17. The van der Waals surface area contributed by atoms with E-state index in [2.05, 4.69) is 4.98 Å². The summed E-state index contributed by atoms with van der Waals surface area (Å²) in [5.41, 5.74) is 1.91. The Hall–Kier alpha value is -1.61. The number of aryl methyl sites for hydroxylation is 1. The zero-order valence-corrected chi connectivity index (χ0v) is 8.89. The Balaban J connectivity index is 1.99. The number of rotatable bonds is 1. The Morgan fingerprint density at radius 3 is 2.88 bits per heavy atom. The summed E-state index contributed by atoms with van der Waals surface area (Å²) < 4.78 is 5.72. The van der Waals surface area contributed by atoms with E-state index in [9.17, 15) is 5.11 Å². The highest BCUT2D eigenvalue weighted by Gasteiger charge is 2.22. The molecule has 1 aromatic heterocycles. The van der Waals surface area contributed by atoms with Crippen LogP contribution in [0.25, 0.3) is 11.5 Å². The summed E-state index contributed by atoms with van der Waals surface area (Å²) in [6.07, 6.45) is 1.92. The number of aliphatic hydroxyl groups is 1. The van der Waals surface area contributed by atoms with Crippen molar-refractivity contribution in [1.29, 1.82) is 0 Å². The summed E-state index contributed by atoms with van der Waals surface area (Å²) in [6.45, 7) is 0. The van der Waals surface area contributed by atoms with Crippen molar-refractivity contribution in [1.82, 2.24) is 4.98 Å². The molecule has 1 heterocycles. The first-order valence-electron chi connectivity index (χ1n) is 5.55. The normalized spacial score (nSPS) is 19.4. The van der Waals surface area contributed by atoms with E-state index in [1.54, 1.807) is 0 Å². The SMILES string of the molecule is OC1CCc2oc(-c3ccccc3)nc2C1. The summed E-state index contributed by atoms with van der Waals surface area (Å²) in [6, 6.07) is 9.86. The van der Waals surface area contributed by atoms with Gasteiger partial charge in [-0.05, 0) is 18.6 Å². The molecule has 1 N–H and O–H groups in total. The third-order valence-corrected chi connectivity index (χ3v) is 2.93. The smallest absolute Gasteiger partial charge is 0.226 e. The zero-order valence-electron chi connectivity index (χ0n) is 8.89. The third-order valence-electron chi connectivity index (χ3n) is 2.93. The van der Waals surface area contributed by atoms with Crippen molar-refractivity contribution in [2.45, 2.75) is 25.4 Å². The Kier molecular flexibility index (Phi) is 2.26. The number of hydrogen-bond acceptors (Lipinski definition) is 3. The predicted molar refractivity (Wildman–Crippen MR) is 60.0 cm³/mol. The Labute approximate surface area is 93.8 Å². The van der Waals surface area contributed by atoms with Gasteiger partial charge in [0.05, 0.1) is 11.8 Å². The molecule has 0 fully saturated rings. The van der Waals surface area contributed by atoms with E-state index in [0.717, 1.165) is 29.9 Å². The molecule has 0 spiro atoms. The summed E-state index contributed by atoms with van der Waals surface area (Å²) in [4.78, 5) is 4.44.